The van der Waals surface area contributed by atoms with Crippen LogP contribution in [0.15, 0.2) is 53.4 Å². The second-order valence-electron chi connectivity index (χ2n) is 5.87. The molecule has 144 valence electrons. The Kier molecular flexibility index (Phi) is 6.33. The lowest BCUT2D eigenvalue weighted by Gasteiger charge is -2.10. The quantitative estimate of drug-likeness (QED) is 0.547. The van der Waals surface area contributed by atoms with E-state index < -0.39 is 18.4 Å². The van der Waals surface area contributed by atoms with Crippen LogP contribution in [0.1, 0.15) is 11.1 Å². The highest BCUT2D eigenvalue weighted by molar-refractivity contribution is 8.26. The van der Waals surface area contributed by atoms with Crippen molar-refractivity contribution < 1.29 is 24.2 Å². The summed E-state index contributed by atoms with van der Waals surface area (Å²) in [4.78, 5) is 24.6. The average Bonchev–Trinajstić information content (AvgIpc) is 2.94. The molecule has 6 nitrogen and oxygen atoms in total. The highest BCUT2D eigenvalue weighted by Crippen LogP contribution is 2.32. The molecule has 0 saturated carbocycles. The zero-order valence-corrected chi connectivity index (χ0v) is 16.6. The Morgan fingerprint density at radius 1 is 1.21 bits per heavy atom. The third kappa shape index (κ3) is 4.90. The van der Waals surface area contributed by atoms with Gasteiger partial charge in [-0.1, -0.05) is 48.2 Å². The first-order valence-electron chi connectivity index (χ1n) is 8.29. The Labute approximate surface area is 171 Å². The molecule has 1 aliphatic heterocycles. The minimum Gasteiger partial charge on any atom is -0.497 e. The number of ether oxygens (including phenoxy) is 2. The summed E-state index contributed by atoms with van der Waals surface area (Å²) in [5.41, 5.74) is 1.79. The van der Waals surface area contributed by atoms with Crippen LogP contribution in [0.3, 0.4) is 0 Å². The van der Waals surface area contributed by atoms with Gasteiger partial charge in [0.1, 0.15) is 29.0 Å². The molecule has 0 bridgehead atoms. The van der Waals surface area contributed by atoms with Gasteiger partial charge in [0, 0.05) is 0 Å². The molecule has 0 aromatic heterocycles. The van der Waals surface area contributed by atoms with E-state index in [1.807, 2.05) is 48.5 Å². The van der Waals surface area contributed by atoms with Gasteiger partial charge in [0.05, 0.1) is 12.0 Å². The number of benzene rings is 2. The van der Waals surface area contributed by atoms with Crippen LogP contribution in [0.2, 0.25) is 0 Å². The van der Waals surface area contributed by atoms with E-state index in [-0.39, 0.29) is 4.32 Å². The molecule has 28 heavy (non-hydrogen) atoms. The predicted octanol–water partition coefficient (Wildman–Crippen LogP) is 3.56. The van der Waals surface area contributed by atoms with Crippen molar-refractivity contribution in [3.05, 3.63) is 64.6 Å². The maximum atomic E-state index is 12.3. The molecule has 1 aliphatic rings. The van der Waals surface area contributed by atoms with Gasteiger partial charge in [-0.25, -0.2) is 0 Å². The fourth-order valence-electron chi connectivity index (χ4n) is 2.51. The number of carbonyl (C=O) groups excluding carboxylic acids is 1. The Balaban J connectivity index is 1.64. The number of amides is 1. The predicted molar refractivity (Wildman–Crippen MR) is 111 cm³/mol. The first kappa shape index (κ1) is 19.9. The van der Waals surface area contributed by atoms with E-state index >= 15 is 0 Å². The Hall–Kier alpha value is -2.84. The lowest BCUT2D eigenvalue weighted by molar-refractivity contribution is -0.140. The number of methoxy groups -OCH3 is 1. The second-order valence-corrected chi connectivity index (χ2v) is 7.55. The lowest BCUT2D eigenvalue weighted by Crippen LogP contribution is -2.33. The van der Waals surface area contributed by atoms with Crippen molar-refractivity contribution in [2.45, 2.75) is 6.61 Å². The van der Waals surface area contributed by atoms with Gasteiger partial charge >= 0.3 is 5.97 Å². The molecule has 0 aliphatic carbocycles. The van der Waals surface area contributed by atoms with E-state index in [1.165, 1.54) is 0 Å². The Morgan fingerprint density at radius 3 is 2.64 bits per heavy atom. The van der Waals surface area contributed by atoms with Crippen molar-refractivity contribution in [1.82, 2.24) is 4.90 Å². The highest BCUT2D eigenvalue weighted by atomic mass is 32.2. The molecule has 0 atom stereocenters. The monoisotopic (exact) mass is 415 g/mol. The molecule has 1 fully saturated rings. The number of thiocarbonyl (C=S) groups is 1. The van der Waals surface area contributed by atoms with E-state index in [1.54, 1.807) is 13.2 Å². The van der Waals surface area contributed by atoms with Gasteiger partial charge in [-0.2, -0.15) is 0 Å². The molecule has 8 heteroatoms. The van der Waals surface area contributed by atoms with Crippen molar-refractivity contribution in [1.29, 1.82) is 0 Å². The number of carboxylic acids is 1. The van der Waals surface area contributed by atoms with E-state index in [9.17, 15) is 9.59 Å². The maximum Gasteiger partial charge on any atom is 0.323 e. The van der Waals surface area contributed by atoms with Crippen molar-refractivity contribution in [3.63, 3.8) is 0 Å². The molecule has 1 heterocycles. The van der Waals surface area contributed by atoms with Crippen LogP contribution < -0.4 is 9.47 Å². The molecule has 1 amide bonds. The van der Waals surface area contributed by atoms with Gasteiger partial charge in [0.2, 0.25) is 0 Å². The van der Waals surface area contributed by atoms with Gasteiger partial charge in [-0.05, 0) is 41.5 Å². The van der Waals surface area contributed by atoms with Crippen LogP contribution in [0.5, 0.6) is 11.5 Å². The lowest BCUT2D eigenvalue weighted by atomic mass is 10.2. The fraction of sp³-hybridized carbons (Fsp3) is 0.150. The summed E-state index contributed by atoms with van der Waals surface area (Å²) < 4.78 is 11.2. The van der Waals surface area contributed by atoms with Gasteiger partial charge < -0.3 is 14.6 Å². The van der Waals surface area contributed by atoms with Crippen molar-refractivity contribution >= 4 is 46.3 Å². The van der Waals surface area contributed by atoms with Crippen molar-refractivity contribution in [2.24, 2.45) is 0 Å². The molecule has 0 unspecified atom stereocenters. The molecule has 1 saturated heterocycles. The molecular weight excluding hydrogens is 398 g/mol. The van der Waals surface area contributed by atoms with E-state index in [2.05, 4.69) is 0 Å². The van der Waals surface area contributed by atoms with E-state index in [0.29, 0.717) is 17.3 Å². The van der Waals surface area contributed by atoms with Crippen molar-refractivity contribution in [2.75, 3.05) is 13.7 Å². The van der Waals surface area contributed by atoms with Crippen LogP contribution in [-0.2, 0) is 16.2 Å². The minimum atomic E-state index is -1.10. The SMILES string of the molecule is COc1cccc(COc2ccc(C=C3SC(=S)N(CC(=O)O)C3=O)cc2)c1. The topological polar surface area (TPSA) is 76.1 Å². The standard InChI is InChI=1S/C20H17NO5S2/c1-25-16-4-2-3-14(9-16)12-26-15-7-5-13(6-8-15)10-17-19(24)21(11-18(22)23)20(27)28-17/h2-10H,11-12H2,1H3,(H,22,23). The number of hydrogen-bond acceptors (Lipinski definition) is 6. The summed E-state index contributed by atoms with van der Waals surface area (Å²) in [7, 11) is 1.62. The number of rotatable bonds is 7. The Bertz CT molecular complexity index is 940. The molecular formula is C20H17NO5S2. The van der Waals surface area contributed by atoms with Crippen LogP contribution in [0.25, 0.3) is 6.08 Å². The average molecular weight is 415 g/mol. The summed E-state index contributed by atoms with van der Waals surface area (Å²) >= 11 is 6.18. The smallest absolute Gasteiger partial charge is 0.323 e. The van der Waals surface area contributed by atoms with Gasteiger partial charge in [0.15, 0.2) is 0 Å². The van der Waals surface area contributed by atoms with E-state index in [0.717, 1.165) is 33.5 Å². The minimum absolute atomic E-state index is 0.247. The number of hydrogen-bond donors (Lipinski definition) is 1. The summed E-state index contributed by atoms with van der Waals surface area (Å²) in [5, 5.41) is 8.87. The van der Waals surface area contributed by atoms with E-state index in [4.69, 9.17) is 26.8 Å². The largest absolute Gasteiger partial charge is 0.497 e. The maximum absolute atomic E-state index is 12.3. The van der Waals surface area contributed by atoms with Gasteiger partial charge in [0.25, 0.3) is 5.91 Å². The summed E-state index contributed by atoms with van der Waals surface area (Å²) in [6, 6.07) is 14.9. The van der Waals surface area contributed by atoms with Crippen LogP contribution >= 0.6 is 24.0 Å². The summed E-state index contributed by atoms with van der Waals surface area (Å²) in [6.07, 6.45) is 1.69. The molecule has 0 radical (unpaired) electrons. The van der Waals surface area contributed by atoms with Crippen LogP contribution in [0, 0.1) is 0 Å². The summed E-state index contributed by atoms with van der Waals surface area (Å²) in [5.74, 6) is -0.0269. The summed E-state index contributed by atoms with van der Waals surface area (Å²) in [6.45, 7) is -0.0244. The molecule has 1 N–H and O–H groups in total. The molecule has 2 aromatic carbocycles. The molecule has 3 rings (SSSR count). The number of nitrogens with zero attached hydrogens (tertiary/aromatic N) is 1. The normalized spacial score (nSPS) is 15.2. The number of thioether (sulfide) groups is 1. The van der Waals surface area contributed by atoms with Crippen LogP contribution in [-0.4, -0.2) is 39.9 Å². The first-order valence-corrected chi connectivity index (χ1v) is 9.51. The fourth-order valence-corrected chi connectivity index (χ4v) is 3.77. The molecule has 2 aromatic rings. The Morgan fingerprint density at radius 2 is 1.96 bits per heavy atom. The third-order valence-corrected chi connectivity index (χ3v) is 5.26. The zero-order chi connectivity index (χ0) is 20.1. The number of carbonyl (C=O) groups is 2. The van der Waals surface area contributed by atoms with Crippen LogP contribution in [0.4, 0.5) is 0 Å². The number of aliphatic carboxylic acids is 1. The molecule has 0 spiro atoms. The zero-order valence-electron chi connectivity index (χ0n) is 15.0. The third-order valence-electron chi connectivity index (χ3n) is 3.88. The van der Waals surface area contributed by atoms with Gasteiger partial charge in [-0.15, -0.1) is 0 Å². The number of carboxylic acid groups (broad SMARTS) is 1. The second kappa shape index (κ2) is 8.90. The van der Waals surface area contributed by atoms with Gasteiger partial charge in [-0.3, -0.25) is 14.5 Å². The van der Waals surface area contributed by atoms with Crippen molar-refractivity contribution in [3.8, 4) is 11.5 Å². The highest BCUT2D eigenvalue weighted by Gasteiger charge is 2.33. The first-order chi connectivity index (χ1) is 13.5.